The molecule has 1 aliphatic heterocycles. The molecule has 2 aromatic rings. The van der Waals surface area contributed by atoms with E-state index in [1.165, 1.54) is 4.68 Å². The Balaban J connectivity index is 1.79. The lowest BCUT2D eigenvalue weighted by Crippen LogP contribution is -2.34. The number of hydrogen-bond donors (Lipinski definition) is 2. The van der Waals surface area contributed by atoms with Gasteiger partial charge in [0.15, 0.2) is 0 Å². The zero-order chi connectivity index (χ0) is 15.9. The lowest BCUT2D eigenvalue weighted by molar-refractivity contribution is -0.0305. The standard InChI is InChI=1S/C11H11FIN5O4/c12-5-2-18(11(21)14-10(5)20)9-1-6(19)7(22-9)3-17-4-8(13)15-16-17/h2,4,6-7,9,19H,1,3H2,(H,14,20,21). The molecule has 11 heteroatoms. The Hall–Kier alpha value is -1.60. The maximum absolute atomic E-state index is 13.3. The summed E-state index contributed by atoms with van der Waals surface area (Å²) in [5, 5.41) is 17.7. The highest BCUT2D eigenvalue weighted by atomic mass is 127. The van der Waals surface area contributed by atoms with Gasteiger partial charge in [-0.15, -0.1) is 5.10 Å². The monoisotopic (exact) mass is 423 g/mol. The van der Waals surface area contributed by atoms with Crippen molar-refractivity contribution in [1.82, 2.24) is 24.5 Å². The smallest absolute Gasteiger partial charge is 0.330 e. The average Bonchev–Trinajstić information content (AvgIpc) is 3.01. The highest BCUT2D eigenvalue weighted by molar-refractivity contribution is 14.1. The second-order valence-electron chi connectivity index (χ2n) is 4.84. The van der Waals surface area contributed by atoms with E-state index < -0.39 is 35.5 Å². The zero-order valence-corrected chi connectivity index (χ0v) is 13.2. The molecule has 2 N–H and O–H groups in total. The molecule has 1 saturated heterocycles. The van der Waals surface area contributed by atoms with Gasteiger partial charge >= 0.3 is 5.69 Å². The summed E-state index contributed by atoms with van der Waals surface area (Å²) in [6.45, 7) is 0.244. The van der Waals surface area contributed by atoms with Crippen LogP contribution in [0.3, 0.4) is 0 Å². The van der Waals surface area contributed by atoms with Crippen LogP contribution in [0.4, 0.5) is 4.39 Å². The van der Waals surface area contributed by atoms with Crippen molar-refractivity contribution in [3.05, 3.63) is 42.7 Å². The van der Waals surface area contributed by atoms with E-state index in [-0.39, 0.29) is 13.0 Å². The van der Waals surface area contributed by atoms with Gasteiger partial charge in [0.1, 0.15) is 16.0 Å². The van der Waals surface area contributed by atoms with Gasteiger partial charge < -0.3 is 9.84 Å². The van der Waals surface area contributed by atoms with Crippen LogP contribution in [0, 0.1) is 9.52 Å². The molecule has 0 amide bonds. The molecule has 0 saturated carbocycles. The first-order valence-electron chi connectivity index (χ1n) is 6.34. The van der Waals surface area contributed by atoms with E-state index in [1.54, 1.807) is 6.20 Å². The molecule has 3 rings (SSSR count). The number of ether oxygens (including phenoxy) is 1. The van der Waals surface area contributed by atoms with E-state index in [1.807, 2.05) is 27.6 Å². The van der Waals surface area contributed by atoms with E-state index in [2.05, 4.69) is 10.3 Å². The van der Waals surface area contributed by atoms with Gasteiger partial charge in [-0.05, 0) is 22.6 Å². The third-order valence-corrected chi connectivity index (χ3v) is 3.81. The SMILES string of the molecule is O=c1[nH]c(=O)n(C2CC(O)C(Cn3cc(I)nn3)O2)cc1F. The van der Waals surface area contributed by atoms with Crippen LogP contribution < -0.4 is 11.2 Å². The average molecular weight is 423 g/mol. The van der Waals surface area contributed by atoms with Crippen molar-refractivity contribution in [2.45, 2.75) is 31.4 Å². The first-order chi connectivity index (χ1) is 10.4. The van der Waals surface area contributed by atoms with Gasteiger partial charge in [-0.25, -0.2) is 9.48 Å². The predicted molar refractivity (Wildman–Crippen MR) is 78.6 cm³/mol. The third kappa shape index (κ3) is 2.96. The highest BCUT2D eigenvalue weighted by Gasteiger charge is 2.36. The van der Waals surface area contributed by atoms with Crippen molar-refractivity contribution in [3.8, 4) is 0 Å². The van der Waals surface area contributed by atoms with Gasteiger partial charge in [-0.2, -0.15) is 4.39 Å². The van der Waals surface area contributed by atoms with Crippen LogP contribution in [0.15, 0.2) is 22.0 Å². The van der Waals surface area contributed by atoms with Crippen LogP contribution in [-0.2, 0) is 11.3 Å². The van der Waals surface area contributed by atoms with Crippen molar-refractivity contribution in [1.29, 1.82) is 0 Å². The summed E-state index contributed by atoms with van der Waals surface area (Å²) in [6.07, 6.45) is 0.219. The Morgan fingerprint density at radius 2 is 2.27 bits per heavy atom. The number of aliphatic hydroxyl groups excluding tert-OH is 1. The number of aromatic amines is 1. The number of H-pyrrole nitrogens is 1. The molecule has 3 unspecified atom stereocenters. The maximum atomic E-state index is 13.3. The van der Waals surface area contributed by atoms with E-state index in [4.69, 9.17) is 4.74 Å². The molecule has 22 heavy (non-hydrogen) atoms. The van der Waals surface area contributed by atoms with Crippen LogP contribution in [0.2, 0.25) is 0 Å². The lowest BCUT2D eigenvalue weighted by atomic mass is 10.2. The fraction of sp³-hybridized carbons (Fsp3) is 0.455. The van der Waals surface area contributed by atoms with Crippen LogP contribution in [0.5, 0.6) is 0 Å². The number of hydrogen-bond acceptors (Lipinski definition) is 6. The highest BCUT2D eigenvalue weighted by Crippen LogP contribution is 2.28. The van der Waals surface area contributed by atoms with Crippen molar-refractivity contribution >= 4 is 22.6 Å². The molecule has 0 bridgehead atoms. The summed E-state index contributed by atoms with van der Waals surface area (Å²) in [5.74, 6) is -1.09. The fourth-order valence-electron chi connectivity index (χ4n) is 2.27. The van der Waals surface area contributed by atoms with Crippen molar-refractivity contribution in [2.75, 3.05) is 0 Å². The molecular weight excluding hydrogens is 412 g/mol. The summed E-state index contributed by atoms with van der Waals surface area (Å²) >= 11 is 2.00. The van der Waals surface area contributed by atoms with Crippen molar-refractivity contribution < 1.29 is 14.2 Å². The second-order valence-corrected chi connectivity index (χ2v) is 5.94. The quantitative estimate of drug-likeness (QED) is 0.627. The minimum atomic E-state index is -1.09. The number of halogens is 2. The number of aromatic nitrogens is 5. The van der Waals surface area contributed by atoms with Gasteiger partial charge in [-0.1, -0.05) is 5.21 Å². The Morgan fingerprint density at radius 1 is 1.50 bits per heavy atom. The normalized spacial score (nSPS) is 24.8. The summed E-state index contributed by atoms with van der Waals surface area (Å²) in [5.41, 5.74) is -1.88. The Kier molecular flexibility index (Phi) is 4.10. The number of rotatable bonds is 3. The molecule has 2 aromatic heterocycles. The van der Waals surface area contributed by atoms with Gasteiger partial charge in [0, 0.05) is 6.42 Å². The molecular formula is C11H11FIN5O4. The molecule has 3 atom stereocenters. The van der Waals surface area contributed by atoms with Crippen molar-refractivity contribution in [3.63, 3.8) is 0 Å². The summed E-state index contributed by atoms with van der Waals surface area (Å²) < 4.78 is 22.0. The van der Waals surface area contributed by atoms with Gasteiger partial charge in [-0.3, -0.25) is 14.3 Å². The van der Waals surface area contributed by atoms with E-state index in [9.17, 15) is 19.1 Å². The fourth-order valence-corrected chi connectivity index (χ4v) is 2.69. The molecule has 3 heterocycles. The minimum absolute atomic E-state index is 0.0991. The molecule has 0 radical (unpaired) electrons. The molecule has 1 fully saturated rings. The van der Waals surface area contributed by atoms with E-state index in [0.717, 1.165) is 10.8 Å². The third-order valence-electron chi connectivity index (χ3n) is 3.32. The lowest BCUT2D eigenvalue weighted by Gasteiger charge is -2.15. The number of nitrogens with zero attached hydrogens (tertiary/aromatic N) is 4. The van der Waals surface area contributed by atoms with E-state index >= 15 is 0 Å². The van der Waals surface area contributed by atoms with Crippen LogP contribution in [0.25, 0.3) is 0 Å². The zero-order valence-electron chi connectivity index (χ0n) is 11.0. The van der Waals surface area contributed by atoms with Crippen LogP contribution in [-0.4, -0.2) is 41.9 Å². The van der Waals surface area contributed by atoms with Crippen molar-refractivity contribution in [2.24, 2.45) is 0 Å². The first-order valence-corrected chi connectivity index (χ1v) is 7.42. The summed E-state index contributed by atoms with van der Waals surface area (Å²) in [4.78, 5) is 24.6. The predicted octanol–water partition coefficient (Wildman–Crippen LogP) is -0.780. The molecule has 1 aliphatic rings. The second kappa shape index (κ2) is 5.89. The molecule has 0 aromatic carbocycles. The largest absolute Gasteiger partial charge is 0.390 e. The summed E-state index contributed by atoms with van der Waals surface area (Å²) in [7, 11) is 0. The Labute approximate surface area is 135 Å². The number of aliphatic hydroxyl groups is 1. The molecule has 0 spiro atoms. The first kappa shape index (κ1) is 15.3. The maximum Gasteiger partial charge on any atom is 0.330 e. The van der Waals surface area contributed by atoms with Gasteiger partial charge in [0.25, 0.3) is 5.56 Å². The van der Waals surface area contributed by atoms with Gasteiger partial charge in [0.05, 0.1) is 25.0 Å². The summed E-state index contributed by atoms with van der Waals surface area (Å²) in [6, 6.07) is 0. The topological polar surface area (TPSA) is 115 Å². The molecule has 0 aliphatic carbocycles. The van der Waals surface area contributed by atoms with E-state index in [0.29, 0.717) is 3.70 Å². The Morgan fingerprint density at radius 3 is 2.95 bits per heavy atom. The minimum Gasteiger partial charge on any atom is -0.390 e. The molecule has 118 valence electrons. The Bertz CT molecular complexity index is 802. The van der Waals surface area contributed by atoms with Crippen LogP contribution in [0.1, 0.15) is 12.6 Å². The van der Waals surface area contributed by atoms with Crippen LogP contribution >= 0.6 is 22.6 Å². The molecule has 9 nitrogen and oxygen atoms in total. The number of nitrogens with one attached hydrogen (secondary N) is 1. The van der Waals surface area contributed by atoms with Gasteiger partial charge in [0.2, 0.25) is 5.82 Å².